The number of nitrogens with one attached hydrogen (secondary N) is 1. The minimum Gasteiger partial charge on any atom is -0.342 e. The molecule has 122 valence electrons. The highest BCUT2D eigenvalue weighted by Gasteiger charge is 2.41. The van der Waals surface area contributed by atoms with Crippen LogP contribution in [0.3, 0.4) is 0 Å². The summed E-state index contributed by atoms with van der Waals surface area (Å²) in [7, 11) is 0. The minimum absolute atomic E-state index is 0.0192. The van der Waals surface area contributed by atoms with E-state index >= 15 is 0 Å². The topological polar surface area (TPSA) is 49.4 Å². The SMILES string of the molecule is CCCC(C)CN1C(=O)C(C(C)C)NC(=O)C1CC(C)C. The van der Waals surface area contributed by atoms with Crippen molar-refractivity contribution in [2.75, 3.05) is 6.54 Å². The van der Waals surface area contributed by atoms with Gasteiger partial charge in [-0.05, 0) is 30.6 Å². The number of hydrogen-bond donors (Lipinski definition) is 1. The Morgan fingerprint density at radius 2 is 1.76 bits per heavy atom. The Hall–Kier alpha value is -1.06. The summed E-state index contributed by atoms with van der Waals surface area (Å²) in [6, 6.07) is -0.665. The number of rotatable bonds is 7. The van der Waals surface area contributed by atoms with Gasteiger partial charge in [-0.15, -0.1) is 0 Å². The predicted molar refractivity (Wildman–Crippen MR) is 85.8 cm³/mol. The molecule has 1 aliphatic rings. The van der Waals surface area contributed by atoms with Crippen LogP contribution in [-0.2, 0) is 9.59 Å². The van der Waals surface area contributed by atoms with Gasteiger partial charge in [0.25, 0.3) is 0 Å². The highest BCUT2D eigenvalue weighted by Crippen LogP contribution is 2.22. The maximum atomic E-state index is 12.8. The molecule has 0 spiro atoms. The van der Waals surface area contributed by atoms with Crippen molar-refractivity contribution in [3.8, 4) is 0 Å². The Bertz CT molecular complexity index is 366. The van der Waals surface area contributed by atoms with E-state index in [1.54, 1.807) is 0 Å². The van der Waals surface area contributed by atoms with Crippen molar-refractivity contribution in [1.29, 1.82) is 0 Å². The van der Waals surface area contributed by atoms with Crippen LogP contribution in [0, 0.1) is 17.8 Å². The second-order valence-electron chi connectivity index (χ2n) is 7.26. The summed E-state index contributed by atoms with van der Waals surface area (Å²) in [5.41, 5.74) is 0. The standard InChI is InChI=1S/C17H32N2O2/c1-7-8-13(6)10-19-14(9-11(2)3)16(20)18-15(12(4)5)17(19)21/h11-15H,7-10H2,1-6H3,(H,18,20). The van der Waals surface area contributed by atoms with Gasteiger partial charge in [-0.1, -0.05) is 48.0 Å². The van der Waals surface area contributed by atoms with Crippen molar-refractivity contribution < 1.29 is 9.59 Å². The lowest BCUT2D eigenvalue weighted by Crippen LogP contribution is -2.65. The molecule has 0 aromatic rings. The molecule has 0 aromatic heterocycles. The summed E-state index contributed by atoms with van der Waals surface area (Å²) < 4.78 is 0. The molecule has 4 heteroatoms. The zero-order valence-electron chi connectivity index (χ0n) is 14.5. The average molecular weight is 296 g/mol. The van der Waals surface area contributed by atoms with E-state index in [1.807, 2.05) is 18.7 Å². The van der Waals surface area contributed by atoms with E-state index in [1.165, 1.54) is 0 Å². The van der Waals surface area contributed by atoms with Gasteiger partial charge in [0.1, 0.15) is 12.1 Å². The molecule has 2 amide bonds. The van der Waals surface area contributed by atoms with Gasteiger partial charge < -0.3 is 10.2 Å². The molecule has 0 saturated carbocycles. The largest absolute Gasteiger partial charge is 0.342 e. The molecule has 3 unspecified atom stereocenters. The smallest absolute Gasteiger partial charge is 0.246 e. The quantitative estimate of drug-likeness (QED) is 0.785. The molecule has 1 saturated heterocycles. The predicted octanol–water partition coefficient (Wildman–Crippen LogP) is 2.82. The first kappa shape index (κ1) is 18.0. The van der Waals surface area contributed by atoms with Gasteiger partial charge in [0, 0.05) is 6.54 Å². The van der Waals surface area contributed by atoms with Crippen LogP contribution in [0.4, 0.5) is 0 Å². The molecule has 1 aliphatic heterocycles. The normalized spacial score (nSPS) is 24.7. The first-order valence-electron chi connectivity index (χ1n) is 8.38. The van der Waals surface area contributed by atoms with Gasteiger partial charge in [0.05, 0.1) is 0 Å². The van der Waals surface area contributed by atoms with Crippen LogP contribution in [0.1, 0.15) is 60.8 Å². The summed E-state index contributed by atoms with van der Waals surface area (Å²) in [6.07, 6.45) is 2.94. The molecule has 0 bridgehead atoms. The summed E-state index contributed by atoms with van der Waals surface area (Å²) >= 11 is 0. The minimum atomic E-state index is -0.366. The van der Waals surface area contributed by atoms with Crippen LogP contribution in [0.5, 0.6) is 0 Å². The highest BCUT2D eigenvalue weighted by molar-refractivity contribution is 5.97. The molecule has 1 heterocycles. The highest BCUT2D eigenvalue weighted by atomic mass is 16.2. The second kappa shape index (κ2) is 7.81. The Labute approximate surface area is 129 Å². The molecule has 0 radical (unpaired) electrons. The summed E-state index contributed by atoms with van der Waals surface area (Å²) in [4.78, 5) is 27.0. The fourth-order valence-electron chi connectivity index (χ4n) is 3.05. The van der Waals surface area contributed by atoms with E-state index in [-0.39, 0.29) is 29.8 Å². The molecule has 21 heavy (non-hydrogen) atoms. The Balaban J connectivity index is 2.94. The zero-order chi connectivity index (χ0) is 16.2. The number of amides is 2. The van der Waals surface area contributed by atoms with Gasteiger partial charge in [0.2, 0.25) is 11.8 Å². The molecule has 3 atom stereocenters. The zero-order valence-corrected chi connectivity index (χ0v) is 14.5. The van der Waals surface area contributed by atoms with Crippen molar-refractivity contribution in [2.45, 2.75) is 72.9 Å². The second-order valence-corrected chi connectivity index (χ2v) is 7.26. The maximum absolute atomic E-state index is 12.8. The molecule has 1 fully saturated rings. The summed E-state index contributed by atoms with van der Waals surface area (Å²) in [5.74, 6) is 1.08. The molecule has 1 rings (SSSR count). The third-order valence-corrected chi connectivity index (χ3v) is 4.18. The Morgan fingerprint density at radius 3 is 2.24 bits per heavy atom. The van der Waals surface area contributed by atoms with Gasteiger partial charge in [-0.2, -0.15) is 0 Å². The Morgan fingerprint density at radius 1 is 1.14 bits per heavy atom. The van der Waals surface area contributed by atoms with Crippen LogP contribution in [0.15, 0.2) is 0 Å². The van der Waals surface area contributed by atoms with E-state index in [2.05, 4.69) is 33.0 Å². The van der Waals surface area contributed by atoms with Crippen LogP contribution in [0.25, 0.3) is 0 Å². The molecule has 4 nitrogen and oxygen atoms in total. The van der Waals surface area contributed by atoms with E-state index < -0.39 is 0 Å². The summed E-state index contributed by atoms with van der Waals surface area (Å²) in [5, 5.41) is 2.93. The Kier molecular flexibility index (Phi) is 6.69. The monoisotopic (exact) mass is 296 g/mol. The van der Waals surface area contributed by atoms with Crippen molar-refractivity contribution in [3.05, 3.63) is 0 Å². The fraction of sp³-hybridized carbons (Fsp3) is 0.882. The van der Waals surface area contributed by atoms with Crippen molar-refractivity contribution in [1.82, 2.24) is 10.2 Å². The first-order chi connectivity index (χ1) is 9.77. The number of carbonyl (C=O) groups excluding carboxylic acids is 2. The van der Waals surface area contributed by atoms with E-state index in [4.69, 9.17) is 0 Å². The molecular formula is C17H32N2O2. The summed E-state index contributed by atoms with van der Waals surface area (Å²) in [6.45, 7) is 13.2. The fourth-order valence-corrected chi connectivity index (χ4v) is 3.05. The van der Waals surface area contributed by atoms with Crippen molar-refractivity contribution in [2.24, 2.45) is 17.8 Å². The number of nitrogens with zero attached hydrogens (tertiary/aromatic N) is 1. The molecule has 0 aliphatic carbocycles. The molecule has 1 N–H and O–H groups in total. The van der Waals surface area contributed by atoms with E-state index in [9.17, 15) is 9.59 Å². The third-order valence-electron chi connectivity index (χ3n) is 4.18. The van der Waals surface area contributed by atoms with Crippen LogP contribution in [-0.4, -0.2) is 35.3 Å². The number of carbonyl (C=O) groups is 2. The first-order valence-corrected chi connectivity index (χ1v) is 8.38. The lowest BCUT2D eigenvalue weighted by Gasteiger charge is -2.42. The lowest BCUT2D eigenvalue weighted by atomic mass is 9.92. The lowest BCUT2D eigenvalue weighted by molar-refractivity contribution is -0.152. The molecular weight excluding hydrogens is 264 g/mol. The average Bonchev–Trinajstić information content (AvgIpc) is 2.37. The van der Waals surface area contributed by atoms with Gasteiger partial charge in [0.15, 0.2) is 0 Å². The van der Waals surface area contributed by atoms with E-state index in [0.717, 1.165) is 19.3 Å². The van der Waals surface area contributed by atoms with Gasteiger partial charge in [-0.25, -0.2) is 0 Å². The van der Waals surface area contributed by atoms with Gasteiger partial charge >= 0.3 is 0 Å². The number of hydrogen-bond acceptors (Lipinski definition) is 2. The van der Waals surface area contributed by atoms with E-state index in [0.29, 0.717) is 18.4 Å². The molecule has 0 aromatic carbocycles. The van der Waals surface area contributed by atoms with Crippen molar-refractivity contribution in [3.63, 3.8) is 0 Å². The van der Waals surface area contributed by atoms with Crippen LogP contribution < -0.4 is 5.32 Å². The van der Waals surface area contributed by atoms with Crippen LogP contribution >= 0.6 is 0 Å². The van der Waals surface area contributed by atoms with Gasteiger partial charge in [-0.3, -0.25) is 9.59 Å². The maximum Gasteiger partial charge on any atom is 0.246 e. The number of piperazine rings is 1. The third kappa shape index (κ3) is 4.72. The van der Waals surface area contributed by atoms with Crippen molar-refractivity contribution >= 4 is 11.8 Å². The van der Waals surface area contributed by atoms with Crippen LogP contribution in [0.2, 0.25) is 0 Å².